The van der Waals surface area contributed by atoms with Gasteiger partial charge < -0.3 is 28.2 Å². The summed E-state index contributed by atoms with van der Waals surface area (Å²) in [4.78, 5) is 20.1. The smallest absolute Gasteiger partial charge is 0.410 e. The second-order valence-corrected chi connectivity index (χ2v) is 19.4. The van der Waals surface area contributed by atoms with Crippen molar-refractivity contribution in [3.8, 4) is 17.2 Å². The first-order valence-corrected chi connectivity index (χ1v) is 18.8. The Morgan fingerprint density at radius 2 is 1.46 bits per heavy atom. The number of carbonyl (C=O) groups excluding carboxylic acids is 1. The second-order valence-electron chi connectivity index (χ2n) is 14.7. The summed E-state index contributed by atoms with van der Waals surface area (Å²) in [5.74, 6) is 1.65. The molecule has 3 rings (SSSR count). The summed E-state index contributed by atoms with van der Waals surface area (Å²) in [6, 6.07) is 3.85. The first-order valence-electron chi connectivity index (χ1n) is 17.1. The molecular formula is C39H61N3O5S. The van der Waals surface area contributed by atoms with Crippen LogP contribution < -0.4 is 14.2 Å². The van der Waals surface area contributed by atoms with E-state index in [0.29, 0.717) is 46.1 Å². The fraction of sp³-hybridized carbons (Fsp3) is 0.590. The molecule has 268 valence electrons. The van der Waals surface area contributed by atoms with E-state index in [1.807, 2.05) is 50.8 Å². The Bertz CT molecular complexity index is 1430. The van der Waals surface area contributed by atoms with E-state index < -0.39 is 15.8 Å². The quantitative estimate of drug-likeness (QED) is 0.231. The Morgan fingerprint density at radius 1 is 0.958 bits per heavy atom. The van der Waals surface area contributed by atoms with Gasteiger partial charge in [-0.05, 0) is 63.7 Å². The van der Waals surface area contributed by atoms with Crippen LogP contribution >= 0.6 is 10.2 Å². The Morgan fingerprint density at radius 3 is 1.85 bits per heavy atom. The molecular weight excluding hydrogens is 623 g/mol. The molecule has 2 heterocycles. The third kappa shape index (κ3) is 7.46. The van der Waals surface area contributed by atoms with Crippen molar-refractivity contribution >= 4 is 27.7 Å². The molecule has 9 heteroatoms. The Balaban J connectivity index is 2.18. The molecule has 0 spiro atoms. The van der Waals surface area contributed by atoms with Gasteiger partial charge in [-0.25, -0.2) is 9.79 Å². The molecule has 0 saturated carbocycles. The van der Waals surface area contributed by atoms with Gasteiger partial charge in [0.1, 0.15) is 5.60 Å². The lowest BCUT2D eigenvalue weighted by molar-refractivity contribution is 0.0150. The van der Waals surface area contributed by atoms with E-state index in [9.17, 15) is 4.79 Å². The number of piperidine rings is 1. The molecule has 1 aromatic rings. The van der Waals surface area contributed by atoms with Crippen molar-refractivity contribution in [2.24, 2.45) is 10.4 Å². The number of benzene rings is 1. The van der Waals surface area contributed by atoms with Gasteiger partial charge in [0.25, 0.3) is 0 Å². The Labute approximate surface area is 292 Å². The summed E-state index contributed by atoms with van der Waals surface area (Å²) < 4.78 is 25.1. The molecule has 8 nitrogen and oxygen atoms in total. The number of hydrogen-bond donors (Lipinski definition) is 0. The number of hydrogen-bond acceptors (Lipinski definition) is 7. The third-order valence-corrected chi connectivity index (χ3v) is 15.2. The molecule has 2 aliphatic heterocycles. The fourth-order valence-corrected chi connectivity index (χ4v) is 12.6. The maximum atomic E-state index is 12.9. The van der Waals surface area contributed by atoms with E-state index in [4.69, 9.17) is 37.1 Å². The van der Waals surface area contributed by atoms with Crippen LogP contribution in [-0.2, 0) is 4.74 Å². The number of methoxy groups -OCH3 is 3. The van der Waals surface area contributed by atoms with Crippen LogP contribution in [0.2, 0.25) is 0 Å². The van der Waals surface area contributed by atoms with Crippen molar-refractivity contribution < 1.29 is 23.7 Å². The Hall–Kier alpha value is -3.33. The number of carbonyl (C=O) groups is 1. The van der Waals surface area contributed by atoms with Crippen molar-refractivity contribution in [2.75, 3.05) is 34.4 Å². The normalized spacial score (nSPS) is 18.5. The van der Waals surface area contributed by atoms with Gasteiger partial charge in [-0.1, -0.05) is 67.7 Å². The van der Waals surface area contributed by atoms with Gasteiger partial charge in [0, 0.05) is 46.2 Å². The van der Waals surface area contributed by atoms with E-state index in [1.54, 1.807) is 21.3 Å². The van der Waals surface area contributed by atoms with Crippen LogP contribution in [0.3, 0.4) is 0 Å². The highest BCUT2D eigenvalue weighted by molar-refractivity contribution is 8.33. The van der Waals surface area contributed by atoms with Crippen LogP contribution in [0.15, 0.2) is 59.4 Å². The number of likely N-dealkylation sites (tertiary alicyclic amines) is 1. The highest BCUT2D eigenvalue weighted by Crippen LogP contribution is 2.66. The van der Waals surface area contributed by atoms with E-state index >= 15 is 0 Å². The number of ether oxygens (including phenoxy) is 4. The van der Waals surface area contributed by atoms with Gasteiger partial charge in [0.05, 0.1) is 38.4 Å². The highest BCUT2D eigenvalue weighted by atomic mass is 32.3. The van der Waals surface area contributed by atoms with Crippen LogP contribution in [0.25, 0.3) is 5.70 Å². The lowest BCUT2D eigenvalue weighted by atomic mass is 9.71. The zero-order chi connectivity index (χ0) is 36.4. The Kier molecular flexibility index (Phi) is 12.3. The first-order chi connectivity index (χ1) is 22.3. The molecule has 0 atom stereocenters. The van der Waals surface area contributed by atoms with E-state index in [0.717, 1.165) is 46.7 Å². The van der Waals surface area contributed by atoms with E-state index in [1.165, 1.54) is 0 Å². The van der Waals surface area contributed by atoms with E-state index in [-0.39, 0.29) is 11.5 Å². The number of allylic oxidation sites excluding steroid dienone is 3. The molecule has 2 aliphatic rings. The number of nitrogens with zero attached hydrogens (tertiary/aromatic N) is 3. The van der Waals surface area contributed by atoms with Gasteiger partial charge in [-0.15, -0.1) is 0 Å². The van der Waals surface area contributed by atoms with Gasteiger partial charge in [0.2, 0.25) is 5.75 Å². The zero-order valence-electron chi connectivity index (χ0n) is 32.1. The van der Waals surface area contributed by atoms with Crippen LogP contribution in [-0.4, -0.2) is 76.8 Å². The lowest BCUT2D eigenvalue weighted by Gasteiger charge is -2.57. The van der Waals surface area contributed by atoms with Gasteiger partial charge in [-0.2, -0.15) is 10.2 Å². The molecule has 0 radical (unpaired) electrons. The molecule has 1 fully saturated rings. The first kappa shape index (κ1) is 39.1. The standard InChI is InChI=1S/C39H61N3O5S/c1-17-32(30-22-33(44-14)36(46-16)34(23-30)45-15)40-35-29(9)42(48(25(2)3,26(4)5)27(6)7)24-31(35)28(8)39(13)18-20-41(21-19-39)37(43)47-38(10,11)12/h17,22-27H,8-9,18-21H2,1-7,10-16H3/b32-17-,40-35?. The van der Waals surface area contributed by atoms with Gasteiger partial charge in [0.15, 0.2) is 11.5 Å². The van der Waals surface area contributed by atoms with Crippen LogP contribution in [0.4, 0.5) is 4.79 Å². The molecule has 0 unspecified atom stereocenters. The molecule has 0 aromatic heterocycles. The monoisotopic (exact) mass is 683 g/mol. The summed E-state index contributed by atoms with van der Waals surface area (Å²) in [5, 5.41) is 1.22. The topological polar surface area (TPSA) is 72.8 Å². The van der Waals surface area contributed by atoms with Crippen molar-refractivity contribution in [1.29, 1.82) is 0 Å². The molecule has 1 saturated heterocycles. The molecule has 0 bridgehead atoms. The average Bonchev–Trinajstić information content (AvgIpc) is 3.32. The lowest BCUT2D eigenvalue weighted by Crippen LogP contribution is -2.45. The van der Waals surface area contributed by atoms with Crippen molar-refractivity contribution in [3.63, 3.8) is 0 Å². The maximum Gasteiger partial charge on any atom is 0.410 e. The van der Waals surface area contributed by atoms with Gasteiger partial charge in [-0.3, -0.25) is 0 Å². The average molecular weight is 684 g/mol. The molecule has 1 amide bonds. The number of aliphatic imine (C=N–C) groups is 1. The molecule has 0 aliphatic carbocycles. The summed E-state index contributed by atoms with van der Waals surface area (Å²) in [6.45, 7) is 34.6. The predicted octanol–water partition coefficient (Wildman–Crippen LogP) is 9.77. The molecule has 1 aromatic carbocycles. The second kappa shape index (κ2) is 15.1. The molecule has 0 N–H and O–H groups in total. The summed E-state index contributed by atoms with van der Waals surface area (Å²) in [7, 11) is 3.42. The summed E-state index contributed by atoms with van der Waals surface area (Å²) in [5.41, 5.74) is 4.52. The largest absolute Gasteiger partial charge is 0.493 e. The van der Waals surface area contributed by atoms with Crippen LogP contribution in [0.1, 0.15) is 94.6 Å². The minimum absolute atomic E-state index is 0.254. The van der Waals surface area contributed by atoms with E-state index in [2.05, 4.69) is 59.0 Å². The van der Waals surface area contributed by atoms with Gasteiger partial charge >= 0.3 is 6.09 Å². The van der Waals surface area contributed by atoms with Crippen molar-refractivity contribution in [1.82, 2.24) is 9.21 Å². The van der Waals surface area contributed by atoms with Crippen molar-refractivity contribution in [3.05, 3.63) is 60.0 Å². The predicted molar refractivity (Wildman–Crippen MR) is 204 cm³/mol. The minimum atomic E-state index is -1.41. The molecule has 48 heavy (non-hydrogen) atoms. The SMILES string of the molecule is C=C1C(=N/C(=C\C)c2cc(OC)c(OC)c(OC)c2)C(C(=C)C2(C)CCN(C(=O)OC(C)(C)C)CC2)=CN1S(C(C)C)(C(C)C)C(C)C. The maximum absolute atomic E-state index is 12.9. The van der Waals surface area contributed by atoms with Crippen LogP contribution in [0, 0.1) is 5.41 Å². The number of rotatable bonds is 11. The summed E-state index contributed by atoms with van der Waals surface area (Å²) in [6.07, 6.45) is 5.55. The zero-order valence-corrected chi connectivity index (χ0v) is 32.9. The van der Waals surface area contributed by atoms with Crippen LogP contribution in [0.5, 0.6) is 17.2 Å². The minimum Gasteiger partial charge on any atom is -0.493 e. The highest BCUT2D eigenvalue weighted by Gasteiger charge is 2.46. The summed E-state index contributed by atoms with van der Waals surface area (Å²) >= 11 is 0. The third-order valence-electron chi connectivity index (χ3n) is 9.69. The van der Waals surface area contributed by atoms with Crippen molar-refractivity contribution in [2.45, 2.75) is 110 Å². The fourth-order valence-electron chi connectivity index (χ4n) is 7.24. The number of amides is 1.